The van der Waals surface area contributed by atoms with Gasteiger partial charge in [-0.05, 0) is 30.0 Å². The zero-order valence-electron chi connectivity index (χ0n) is 18.2. The molecule has 1 aliphatic rings. The maximum atomic E-state index is 12.1. The monoisotopic (exact) mass is 408 g/mol. The molecule has 1 heterocycles. The highest BCUT2D eigenvalue weighted by atomic mass is 16.5. The molecule has 0 aromatic heterocycles. The van der Waals surface area contributed by atoms with Crippen LogP contribution in [0.15, 0.2) is 59.6 Å². The average Bonchev–Trinajstić information content (AvgIpc) is 2.77. The number of hydrogen-bond acceptors (Lipinski definition) is 3. The number of rotatable bonds is 6. The van der Waals surface area contributed by atoms with Gasteiger partial charge in [0.05, 0.1) is 13.2 Å². The van der Waals surface area contributed by atoms with Gasteiger partial charge in [-0.25, -0.2) is 4.99 Å². The lowest BCUT2D eigenvalue weighted by molar-refractivity contribution is -0.127. The molecule has 0 aliphatic carbocycles. The van der Waals surface area contributed by atoms with E-state index < -0.39 is 0 Å². The van der Waals surface area contributed by atoms with Crippen LogP contribution in [0.2, 0.25) is 0 Å². The summed E-state index contributed by atoms with van der Waals surface area (Å²) in [7, 11) is 3.51. The van der Waals surface area contributed by atoms with E-state index in [9.17, 15) is 4.79 Å². The first-order valence-corrected chi connectivity index (χ1v) is 10.5. The summed E-state index contributed by atoms with van der Waals surface area (Å²) >= 11 is 0. The summed E-state index contributed by atoms with van der Waals surface area (Å²) in [6, 6.07) is 18.7. The molecule has 0 bridgehead atoms. The standard InChI is InChI=1S/C24H32N4O2/c1-19-9-7-8-12-21(19)22-18-28(15-16-30-22)24(26-17-23(29)27(2)3)25-14-13-20-10-5-4-6-11-20/h4-12,22H,13-18H2,1-3H3,(H,25,26). The van der Waals surface area contributed by atoms with Crippen molar-refractivity contribution in [3.63, 3.8) is 0 Å². The topological polar surface area (TPSA) is 57.2 Å². The fraction of sp³-hybridized carbons (Fsp3) is 0.417. The van der Waals surface area contributed by atoms with Crippen molar-refractivity contribution in [2.45, 2.75) is 19.4 Å². The molecule has 0 spiro atoms. The Kier molecular flexibility index (Phi) is 7.85. The second-order valence-electron chi connectivity index (χ2n) is 7.75. The van der Waals surface area contributed by atoms with Crippen LogP contribution in [0, 0.1) is 6.92 Å². The molecule has 1 N–H and O–H groups in total. The molecular weight excluding hydrogens is 376 g/mol. The lowest BCUT2D eigenvalue weighted by atomic mass is 10.0. The molecule has 2 aromatic rings. The minimum absolute atomic E-state index is 0.00868. The first kappa shape index (κ1) is 21.8. The fourth-order valence-corrected chi connectivity index (χ4v) is 3.49. The quantitative estimate of drug-likeness (QED) is 0.590. The number of amides is 1. The number of hydrogen-bond donors (Lipinski definition) is 1. The molecule has 6 heteroatoms. The van der Waals surface area contributed by atoms with Crippen LogP contribution in [0.3, 0.4) is 0 Å². The predicted molar refractivity (Wildman–Crippen MR) is 121 cm³/mol. The van der Waals surface area contributed by atoms with Gasteiger partial charge in [-0.2, -0.15) is 0 Å². The lowest BCUT2D eigenvalue weighted by Crippen LogP contribution is -2.49. The summed E-state index contributed by atoms with van der Waals surface area (Å²) < 4.78 is 6.06. The third-order valence-electron chi connectivity index (χ3n) is 5.30. The number of benzene rings is 2. The van der Waals surface area contributed by atoms with E-state index in [4.69, 9.17) is 4.74 Å². The predicted octanol–water partition coefficient (Wildman–Crippen LogP) is 2.64. The van der Waals surface area contributed by atoms with Crippen LogP contribution in [-0.4, -0.2) is 68.5 Å². The molecule has 1 saturated heterocycles. The van der Waals surface area contributed by atoms with E-state index in [0.29, 0.717) is 13.2 Å². The summed E-state index contributed by atoms with van der Waals surface area (Å²) in [6.07, 6.45) is 0.887. The molecule has 160 valence electrons. The van der Waals surface area contributed by atoms with Gasteiger partial charge in [0.25, 0.3) is 0 Å². The Balaban J connectivity index is 1.70. The molecule has 30 heavy (non-hydrogen) atoms. The van der Waals surface area contributed by atoms with Crippen molar-refractivity contribution in [1.82, 2.24) is 15.1 Å². The zero-order chi connectivity index (χ0) is 21.3. The van der Waals surface area contributed by atoms with Gasteiger partial charge in [-0.3, -0.25) is 4.79 Å². The van der Waals surface area contributed by atoms with E-state index in [-0.39, 0.29) is 18.6 Å². The lowest BCUT2D eigenvalue weighted by Gasteiger charge is -2.36. The van der Waals surface area contributed by atoms with Gasteiger partial charge in [0.15, 0.2) is 5.96 Å². The van der Waals surface area contributed by atoms with Gasteiger partial charge in [-0.1, -0.05) is 54.6 Å². The SMILES string of the molecule is Cc1ccccc1C1CN(C(=NCC(=O)N(C)C)NCCc2ccccc2)CCO1. The summed E-state index contributed by atoms with van der Waals surface area (Å²) in [4.78, 5) is 20.5. The smallest absolute Gasteiger partial charge is 0.243 e. The number of ether oxygens (including phenoxy) is 1. The third-order valence-corrected chi connectivity index (χ3v) is 5.30. The van der Waals surface area contributed by atoms with Crippen LogP contribution in [0.1, 0.15) is 22.8 Å². The summed E-state index contributed by atoms with van der Waals surface area (Å²) in [6.45, 7) is 5.08. The minimum atomic E-state index is -0.0129. The van der Waals surface area contributed by atoms with Gasteiger partial charge in [0.2, 0.25) is 5.91 Å². The normalized spacial score (nSPS) is 17.0. The van der Waals surface area contributed by atoms with Crippen molar-refractivity contribution in [3.05, 3.63) is 71.3 Å². The molecule has 1 amide bonds. The van der Waals surface area contributed by atoms with E-state index in [2.05, 4.69) is 58.5 Å². The Morgan fingerprint density at radius 2 is 1.90 bits per heavy atom. The number of likely N-dealkylation sites (N-methyl/N-ethyl adjacent to an activating group) is 1. The Labute approximate surface area is 179 Å². The molecule has 6 nitrogen and oxygen atoms in total. The maximum absolute atomic E-state index is 12.1. The molecule has 1 fully saturated rings. The Hall–Kier alpha value is -2.86. The van der Waals surface area contributed by atoms with E-state index in [1.807, 2.05) is 18.2 Å². The number of nitrogens with zero attached hydrogens (tertiary/aromatic N) is 3. The van der Waals surface area contributed by atoms with Gasteiger partial charge in [0.1, 0.15) is 12.6 Å². The number of morpholine rings is 1. The van der Waals surface area contributed by atoms with Gasteiger partial charge in [0, 0.05) is 27.2 Å². The molecule has 2 aromatic carbocycles. The highest BCUT2D eigenvalue weighted by Crippen LogP contribution is 2.25. The Morgan fingerprint density at radius 1 is 1.17 bits per heavy atom. The van der Waals surface area contributed by atoms with Crippen molar-refractivity contribution in [1.29, 1.82) is 0 Å². The van der Waals surface area contributed by atoms with Crippen molar-refractivity contribution in [2.24, 2.45) is 4.99 Å². The number of nitrogens with one attached hydrogen (secondary N) is 1. The number of aryl methyl sites for hydroxylation is 1. The van der Waals surface area contributed by atoms with E-state index in [1.165, 1.54) is 16.7 Å². The van der Waals surface area contributed by atoms with Crippen LogP contribution in [-0.2, 0) is 16.0 Å². The van der Waals surface area contributed by atoms with Gasteiger partial charge >= 0.3 is 0 Å². The number of aliphatic imine (C=N–C) groups is 1. The summed E-state index contributed by atoms with van der Waals surface area (Å²) in [5, 5.41) is 3.47. The zero-order valence-corrected chi connectivity index (χ0v) is 18.2. The second kappa shape index (κ2) is 10.8. The van der Waals surface area contributed by atoms with Crippen LogP contribution in [0.4, 0.5) is 0 Å². The van der Waals surface area contributed by atoms with Crippen LogP contribution in [0.5, 0.6) is 0 Å². The molecule has 1 atom stereocenters. The fourth-order valence-electron chi connectivity index (χ4n) is 3.49. The van der Waals surface area contributed by atoms with E-state index >= 15 is 0 Å². The summed E-state index contributed by atoms with van der Waals surface area (Å²) in [5.41, 5.74) is 3.70. The van der Waals surface area contributed by atoms with Crippen molar-refractivity contribution in [2.75, 3.05) is 46.9 Å². The Bertz CT molecular complexity index is 851. The van der Waals surface area contributed by atoms with Gasteiger partial charge < -0.3 is 19.9 Å². The summed E-state index contributed by atoms with van der Waals surface area (Å²) in [5.74, 6) is 0.754. The number of carbonyl (C=O) groups is 1. The first-order chi connectivity index (χ1) is 14.5. The Morgan fingerprint density at radius 3 is 2.63 bits per heavy atom. The average molecular weight is 409 g/mol. The molecule has 0 radical (unpaired) electrons. The number of guanidine groups is 1. The van der Waals surface area contributed by atoms with Crippen LogP contribution in [0.25, 0.3) is 0 Å². The molecule has 1 aliphatic heterocycles. The maximum Gasteiger partial charge on any atom is 0.243 e. The van der Waals surface area contributed by atoms with E-state index in [0.717, 1.165) is 25.5 Å². The molecule has 1 unspecified atom stereocenters. The van der Waals surface area contributed by atoms with Gasteiger partial charge in [-0.15, -0.1) is 0 Å². The first-order valence-electron chi connectivity index (χ1n) is 10.5. The molecular formula is C24H32N4O2. The largest absolute Gasteiger partial charge is 0.370 e. The highest BCUT2D eigenvalue weighted by molar-refractivity contribution is 5.85. The number of carbonyl (C=O) groups excluding carboxylic acids is 1. The second-order valence-corrected chi connectivity index (χ2v) is 7.75. The van der Waals surface area contributed by atoms with Crippen molar-refractivity contribution >= 4 is 11.9 Å². The van der Waals surface area contributed by atoms with Crippen molar-refractivity contribution in [3.8, 4) is 0 Å². The third kappa shape index (κ3) is 6.07. The minimum Gasteiger partial charge on any atom is -0.370 e. The molecule has 0 saturated carbocycles. The van der Waals surface area contributed by atoms with Crippen molar-refractivity contribution < 1.29 is 9.53 Å². The highest BCUT2D eigenvalue weighted by Gasteiger charge is 2.25. The van der Waals surface area contributed by atoms with Crippen LogP contribution < -0.4 is 5.32 Å². The molecule has 3 rings (SSSR count). The van der Waals surface area contributed by atoms with E-state index in [1.54, 1.807) is 19.0 Å². The van der Waals surface area contributed by atoms with Crippen LogP contribution >= 0.6 is 0 Å².